The van der Waals surface area contributed by atoms with Crippen LogP contribution in [0.3, 0.4) is 0 Å². The van der Waals surface area contributed by atoms with Gasteiger partial charge in [0.15, 0.2) is 23.0 Å². The second kappa shape index (κ2) is 7.74. The van der Waals surface area contributed by atoms with E-state index in [2.05, 4.69) is 17.0 Å². The Bertz CT molecular complexity index is 792. The third kappa shape index (κ3) is 3.51. The monoisotopic (exact) mass is 358 g/mol. The lowest BCUT2D eigenvalue weighted by Crippen LogP contribution is -2.30. The third-order valence-corrected chi connectivity index (χ3v) is 4.84. The molecule has 0 fully saturated rings. The number of nitrogens with zero attached hydrogens (tertiary/aromatic N) is 1. The Labute approximate surface area is 154 Å². The summed E-state index contributed by atoms with van der Waals surface area (Å²) in [7, 11) is 6.57. The molecule has 1 aliphatic rings. The standard InChI is InChI=1S/C20H26N2O4/c1-23-17-7-13-5-6-22(11-14(13)8-18(17)24-2)12-15-9-19(25-3)20(26-4)10-16(15)21/h7-10H,5-6,11-12,21H2,1-4H3. The van der Waals surface area contributed by atoms with Gasteiger partial charge in [-0.25, -0.2) is 0 Å². The van der Waals surface area contributed by atoms with E-state index in [0.29, 0.717) is 17.2 Å². The number of ether oxygens (including phenoxy) is 4. The van der Waals surface area contributed by atoms with Crippen LogP contribution in [0.2, 0.25) is 0 Å². The van der Waals surface area contributed by atoms with Crippen LogP contribution < -0.4 is 24.7 Å². The summed E-state index contributed by atoms with van der Waals surface area (Å²) in [4.78, 5) is 2.37. The lowest BCUT2D eigenvalue weighted by Gasteiger charge is -2.30. The van der Waals surface area contributed by atoms with Crippen LogP contribution in [-0.4, -0.2) is 39.9 Å². The zero-order valence-corrected chi connectivity index (χ0v) is 15.8. The first-order valence-electron chi connectivity index (χ1n) is 8.56. The van der Waals surface area contributed by atoms with Gasteiger partial charge in [0.05, 0.1) is 28.4 Å². The van der Waals surface area contributed by atoms with Gasteiger partial charge < -0.3 is 24.7 Å². The van der Waals surface area contributed by atoms with Gasteiger partial charge in [-0.3, -0.25) is 4.90 Å². The Morgan fingerprint density at radius 1 is 0.808 bits per heavy atom. The van der Waals surface area contributed by atoms with E-state index in [1.165, 1.54) is 11.1 Å². The van der Waals surface area contributed by atoms with Gasteiger partial charge in [0.2, 0.25) is 0 Å². The number of nitrogen functional groups attached to an aromatic ring is 1. The van der Waals surface area contributed by atoms with Gasteiger partial charge in [-0.2, -0.15) is 0 Å². The fourth-order valence-electron chi connectivity index (χ4n) is 3.39. The van der Waals surface area contributed by atoms with Crippen molar-refractivity contribution in [1.29, 1.82) is 0 Å². The van der Waals surface area contributed by atoms with E-state index in [-0.39, 0.29) is 0 Å². The molecule has 6 heteroatoms. The summed E-state index contributed by atoms with van der Waals surface area (Å²) < 4.78 is 21.6. The SMILES string of the molecule is COc1cc(N)c(CN2CCc3cc(OC)c(OC)cc3C2)cc1OC. The molecule has 2 aromatic carbocycles. The highest BCUT2D eigenvalue weighted by Gasteiger charge is 2.21. The molecule has 0 amide bonds. The van der Waals surface area contributed by atoms with Crippen molar-refractivity contribution in [3.63, 3.8) is 0 Å². The normalized spacial score (nSPS) is 13.8. The number of anilines is 1. The number of hydrogen-bond donors (Lipinski definition) is 1. The van der Waals surface area contributed by atoms with Gasteiger partial charge in [0, 0.05) is 31.4 Å². The number of nitrogens with two attached hydrogens (primary N) is 1. The Balaban J connectivity index is 1.81. The molecule has 2 N–H and O–H groups in total. The molecule has 0 saturated carbocycles. The molecular weight excluding hydrogens is 332 g/mol. The molecule has 0 radical (unpaired) electrons. The molecule has 140 valence electrons. The van der Waals surface area contributed by atoms with Crippen molar-refractivity contribution in [2.45, 2.75) is 19.5 Å². The van der Waals surface area contributed by atoms with Crippen LogP contribution >= 0.6 is 0 Å². The summed E-state index contributed by atoms with van der Waals surface area (Å²) in [5.74, 6) is 2.89. The summed E-state index contributed by atoms with van der Waals surface area (Å²) in [5, 5.41) is 0. The van der Waals surface area contributed by atoms with Gasteiger partial charge in [0.1, 0.15) is 0 Å². The highest BCUT2D eigenvalue weighted by molar-refractivity contribution is 5.58. The van der Waals surface area contributed by atoms with Crippen LogP contribution in [0.15, 0.2) is 24.3 Å². The first-order valence-corrected chi connectivity index (χ1v) is 8.56. The quantitative estimate of drug-likeness (QED) is 0.801. The molecule has 0 aliphatic carbocycles. The topological polar surface area (TPSA) is 66.2 Å². The van der Waals surface area contributed by atoms with E-state index in [0.717, 1.165) is 43.1 Å². The Morgan fingerprint density at radius 2 is 1.35 bits per heavy atom. The number of methoxy groups -OCH3 is 4. The van der Waals surface area contributed by atoms with Gasteiger partial charge in [0.25, 0.3) is 0 Å². The molecule has 6 nitrogen and oxygen atoms in total. The highest BCUT2D eigenvalue weighted by atomic mass is 16.5. The maximum absolute atomic E-state index is 6.22. The highest BCUT2D eigenvalue weighted by Crippen LogP contribution is 2.35. The summed E-state index contributed by atoms with van der Waals surface area (Å²) in [6, 6.07) is 7.92. The smallest absolute Gasteiger partial charge is 0.162 e. The zero-order chi connectivity index (χ0) is 18.7. The van der Waals surface area contributed by atoms with Crippen molar-refractivity contribution in [2.75, 3.05) is 40.7 Å². The minimum absolute atomic E-state index is 0.648. The fourth-order valence-corrected chi connectivity index (χ4v) is 3.39. The lowest BCUT2D eigenvalue weighted by atomic mass is 9.98. The molecule has 1 heterocycles. The molecular formula is C20H26N2O4. The molecule has 0 aromatic heterocycles. The largest absolute Gasteiger partial charge is 0.493 e. The van der Waals surface area contributed by atoms with Crippen molar-refractivity contribution in [3.05, 3.63) is 41.0 Å². The van der Waals surface area contributed by atoms with Crippen LogP contribution in [0.5, 0.6) is 23.0 Å². The van der Waals surface area contributed by atoms with Crippen molar-refractivity contribution >= 4 is 5.69 Å². The average Bonchev–Trinajstić information content (AvgIpc) is 2.67. The Morgan fingerprint density at radius 3 is 1.96 bits per heavy atom. The molecule has 0 unspecified atom stereocenters. The maximum atomic E-state index is 6.22. The van der Waals surface area contributed by atoms with E-state index >= 15 is 0 Å². The average molecular weight is 358 g/mol. The van der Waals surface area contributed by atoms with Crippen LogP contribution in [-0.2, 0) is 19.5 Å². The van der Waals surface area contributed by atoms with Gasteiger partial charge in [-0.05, 0) is 41.3 Å². The summed E-state index contributed by atoms with van der Waals surface area (Å²) in [5.41, 5.74) is 10.5. The summed E-state index contributed by atoms with van der Waals surface area (Å²) >= 11 is 0. The third-order valence-electron chi connectivity index (χ3n) is 4.84. The maximum Gasteiger partial charge on any atom is 0.162 e. The lowest BCUT2D eigenvalue weighted by molar-refractivity contribution is 0.244. The number of rotatable bonds is 6. The minimum atomic E-state index is 0.648. The van der Waals surface area contributed by atoms with Crippen LogP contribution in [0.4, 0.5) is 5.69 Å². The van der Waals surface area contributed by atoms with Crippen molar-refractivity contribution < 1.29 is 18.9 Å². The summed E-state index contributed by atoms with van der Waals surface area (Å²) in [6.45, 7) is 2.54. The van der Waals surface area contributed by atoms with E-state index in [4.69, 9.17) is 24.7 Å². The number of benzene rings is 2. The second-order valence-electron chi connectivity index (χ2n) is 6.34. The van der Waals surface area contributed by atoms with E-state index < -0.39 is 0 Å². The number of hydrogen-bond acceptors (Lipinski definition) is 6. The van der Waals surface area contributed by atoms with Gasteiger partial charge >= 0.3 is 0 Å². The molecule has 3 rings (SSSR count). The van der Waals surface area contributed by atoms with Crippen LogP contribution in [0.25, 0.3) is 0 Å². The van der Waals surface area contributed by atoms with E-state index in [1.807, 2.05) is 12.1 Å². The fraction of sp³-hybridized carbons (Fsp3) is 0.400. The van der Waals surface area contributed by atoms with Crippen LogP contribution in [0.1, 0.15) is 16.7 Å². The first kappa shape index (κ1) is 18.2. The molecule has 26 heavy (non-hydrogen) atoms. The molecule has 0 spiro atoms. The Kier molecular flexibility index (Phi) is 5.42. The van der Waals surface area contributed by atoms with Crippen molar-refractivity contribution in [2.24, 2.45) is 0 Å². The predicted octanol–water partition coefficient (Wildman–Crippen LogP) is 2.86. The molecule has 1 aliphatic heterocycles. The van der Waals surface area contributed by atoms with Crippen LogP contribution in [0, 0.1) is 0 Å². The van der Waals surface area contributed by atoms with Crippen molar-refractivity contribution in [1.82, 2.24) is 4.90 Å². The predicted molar refractivity (Wildman–Crippen MR) is 101 cm³/mol. The van der Waals surface area contributed by atoms with E-state index in [9.17, 15) is 0 Å². The molecule has 0 atom stereocenters. The molecule has 0 bridgehead atoms. The molecule has 2 aromatic rings. The summed E-state index contributed by atoms with van der Waals surface area (Å²) in [6.07, 6.45) is 0.961. The van der Waals surface area contributed by atoms with Crippen molar-refractivity contribution in [3.8, 4) is 23.0 Å². The zero-order valence-electron chi connectivity index (χ0n) is 15.8. The van der Waals surface area contributed by atoms with E-state index in [1.54, 1.807) is 28.4 Å². The van der Waals surface area contributed by atoms with Gasteiger partial charge in [-0.1, -0.05) is 0 Å². The second-order valence-corrected chi connectivity index (χ2v) is 6.34. The molecule has 0 saturated heterocycles. The Hall–Kier alpha value is -2.60. The first-order chi connectivity index (χ1) is 12.6. The van der Waals surface area contributed by atoms with Gasteiger partial charge in [-0.15, -0.1) is 0 Å². The number of fused-ring (bicyclic) bond motifs is 1. The minimum Gasteiger partial charge on any atom is -0.493 e.